The second-order valence-electron chi connectivity index (χ2n) is 6.18. The predicted molar refractivity (Wildman–Crippen MR) is 101 cm³/mol. The molecule has 1 aliphatic heterocycles. The number of carbonyl (C=O) groups is 1. The number of para-hydroxylation sites is 1. The molecule has 1 saturated heterocycles. The van der Waals surface area contributed by atoms with Crippen LogP contribution in [0.2, 0.25) is 5.02 Å². The fourth-order valence-electron chi connectivity index (χ4n) is 2.95. The van der Waals surface area contributed by atoms with E-state index in [1.54, 1.807) is 29.1 Å². The Kier molecular flexibility index (Phi) is 6.30. The number of hydrogen-bond acceptors (Lipinski definition) is 4. The van der Waals surface area contributed by atoms with Crippen LogP contribution in [0, 0.1) is 0 Å². The molecular formula is C19H23ClN4O2. The second-order valence-corrected chi connectivity index (χ2v) is 6.59. The predicted octanol–water partition coefficient (Wildman–Crippen LogP) is 2.91. The molecule has 1 amide bonds. The molecule has 0 aliphatic carbocycles. The molecule has 0 bridgehead atoms. The summed E-state index contributed by atoms with van der Waals surface area (Å²) < 4.78 is 7.25. The van der Waals surface area contributed by atoms with Crippen molar-refractivity contribution >= 4 is 17.5 Å². The molecule has 2 aromatic rings. The highest BCUT2D eigenvalue weighted by atomic mass is 35.5. The smallest absolute Gasteiger partial charge is 0.274 e. The van der Waals surface area contributed by atoms with E-state index >= 15 is 0 Å². The Labute approximate surface area is 158 Å². The van der Waals surface area contributed by atoms with Gasteiger partial charge in [-0.1, -0.05) is 29.8 Å². The van der Waals surface area contributed by atoms with E-state index in [4.69, 9.17) is 16.3 Å². The summed E-state index contributed by atoms with van der Waals surface area (Å²) in [6.45, 7) is 8.12. The number of hydrogen-bond donors (Lipinski definition) is 0. The number of amides is 1. The minimum Gasteiger partial charge on any atom is -0.470 e. The fourth-order valence-corrected chi connectivity index (χ4v) is 3.14. The largest absolute Gasteiger partial charge is 0.470 e. The quantitative estimate of drug-likeness (QED) is 0.729. The van der Waals surface area contributed by atoms with Crippen LogP contribution in [-0.4, -0.2) is 58.2 Å². The molecule has 0 saturated carbocycles. The number of benzene rings is 1. The summed E-state index contributed by atoms with van der Waals surface area (Å²) in [4.78, 5) is 16.9. The van der Waals surface area contributed by atoms with Crippen LogP contribution in [-0.2, 0) is 6.73 Å². The van der Waals surface area contributed by atoms with Gasteiger partial charge in [-0.15, -0.1) is 6.58 Å². The molecule has 0 spiro atoms. The van der Waals surface area contributed by atoms with Crippen molar-refractivity contribution in [2.75, 3.05) is 32.7 Å². The Morgan fingerprint density at radius 2 is 2.08 bits per heavy atom. The highest BCUT2D eigenvalue weighted by Crippen LogP contribution is 2.23. The fraction of sp³-hybridized carbons (Fsp3) is 0.368. The van der Waals surface area contributed by atoms with Crippen molar-refractivity contribution in [3.63, 3.8) is 0 Å². The van der Waals surface area contributed by atoms with E-state index in [9.17, 15) is 4.79 Å². The summed E-state index contributed by atoms with van der Waals surface area (Å²) in [5, 5.41) is 4.89. The molecule has 1 aliphatic rings. The van der Waals surface area contributed by atoms with Crippen LogP contribution in [0.1, 0.15) is 16.9 Å². The van der Waals surface area contributed by atoms with Crippen molar-refractivity contribution in [1.82, 2.24) is 19.6 Å². The SMILES string of the molecule is C=CCN1CCCN(C(=O)c2ccn(COc3ccccc3Cl)n2)CC1. The molecule has 138 valence electrons. The van der Waals surface area contributed by atoms with Gasteiger partial charge in [-0.25, -0.2) is 4.68 Å². The van der Waals surface area contributed by atoms with Crippen molar-refractivity contribution in [2.45, 2.75) is 13.2 Å². The van der Waals surface area contributed by atoms with Gasteiger partial charge in [-0.2, -0.15) is 5.10 Å². The molecular weight excluding hydrogens is 352 g/mol. The third-order valence-electron chi connectivity index (χ3n) is 4.31. The van der Waals surface area contributed by atoms with Gasteiger partial charge in [0.1, 0.15) is 5.75 Å². The van der Waals surface area contributed by atoms with Gasteiger partial charge in [0.05, 0.1) is 5.02 Å². The molecule has 0 unspecified atom stereocenters. The minimum atomic E-state index is -0.0399. The van der Waals surface area contributed by atoms with E-state index in [0.717, 1.165) is 32.6 Å². The van der Waals surface area contributed by atoms with Crippen molar-refractivity contribution in [1.29, 1.82) is 0 Å². The zero-order valence-electron chi connectivity index (χ0n) is 14.7. The molecule has 1 aromatic heterocycles. The molecule has 1 fully saturated rings. The van der Waals surface area contributed by atoms with Crippen LogP contribution in [0.4, 0.5) is 0 Å². The summed E-state index contributed by atoms with van der Waals surface area (Å²) >= 11 is 6.07. The van der Waals surface area contributed by atoms with E-state index in [2.05, 4.69) is 16.6 Å². The lowest BCUT2D eigenvalue weighted by Crippen LogP contribution is -2.35. The second kappa shape index (κ2) is 8.87. The maximum atomic E-state index is 12.7. The average Bonchev–Trinajstić information content (AvgIpc) is 3.00. The standard InChI is InChI=1S/C19H23ClN4O2/c1-2-9-22-10-5-11-23(14-13-22)19(25)17-8-12-24(21-17)15-26-18-7-4-3-6-16(18)20/h2-4,6-8,12H,1,5,9-11,13-15H2. The van der Waals surface area contributed by atoms with Gasteiger partial charge in [0.25, 0.3) is 5.91 Å². The summed E-state index contributed by atoms with van der Waals surface area (Å²) in [6.07, 6.45) is 4.60. The number of ether oxygens (including phenoxy) is 1. The van der Waals surface area contributed by atoms with Crippen molar-refractivity contribution in [3.8, 4) is 5.75 Å². The molecule has 0 atom stereocenters. The Hall–Kier alpha value is -2.31. The molecule has 0 radical (unpaired) electrons. The molecule has 3 rings (SSSR count). The van der Waals surface area contributed by atoms with Crippen LogP contribution >= 0.6 is 11.6 Å². The van der Waals surface area contributed by atoms with Gasteiger partial charge in [0.2, 0.25) is 0 Å². The Balaban J connectivity index is 1.57. The summed E-state index contributed by atoms with van der Waals surface area (Å²) in [5.41, 5.74) is 0.435. The Morgan fingerprint density at radius 1 is 1.23 bits per heavy atom. The highest BCUT2D eigenvalue weighted by molar-refractivity contribution is 6.32. The summed E-state index contributed by atoms with van der Waals surface area (Å²) in [7, 11) is 0. The van der Waals surface area contributed by atoms with E-state index < -0.39 is 0 Å². The van der Waals surface area contributed by atoms with Crippen LogP contribution in [0.15, 0.2) is 49.2 Å². The van der Waals surface area contributed by atoms with E-state index in [1.165, 1.54) is 0 Å². The van der Waals surface area contributed by atoms with Crippen molar-refractivity contribution in [3.05, 3.63) is 59.9 Å². The van der Waals surface area contributed by atoms with Gasteiger partial charge >= 0.3 is 0 Å². The highest BCUT2D eigenvalue weighted by Gasteiger charge is 2.21. The maximum absolute atomic E-state index is 12.7. The van der Waals surface area contributed by atoms with Gasteiger partial charge in [-0.3, -0.25) is 9.69 Å². The molecule has 26 heavy (non-hydrogen) atoms. The lowest BCUT2D eigenvalue weighted by atomic mass is 10.3. The lowest BCUT2D eigenvalue weighted by molar-refractivity contribution is 0.0754. The van der Waals surface area contributed by atoms with Gasteiger partial charge in [-0.05, 0) is 24.6 Å². The van der Waals surface area contributed by atoms with Gasteiger partial charge in [0.15, 0.2) is 12.4 Å². The molecule has 2 heterocycles. The normalized spacial score (nSPS) is 15.5. The number of halogens is 1. The first kappa shape index (κ1) is 18.5. The summed E-state index contributed by atoms with van der Waals surface area (Å²) in [5.74, 6) is 0.550. The first-order chi connectivity index (χ1) is 12.7. The van der Waals surface area contributed by atoms with E-state index in [0.29, 0.717) is 23.0 Å². The lowest BCUT2D eigenvalue weighted by Gasteiger charge is -2.20. The number of carbonyl (C=O) groups excluding carboxylic acids is 1. The van der Waals surface area contributed by atoms with Crippen LogP contribution in [0.3, 0.4) is 0 Å². The van der Waals surface area contributed by atoms with Crippen LogP contribution in [0.5, 0.6) is 5.75 Å². The van der Waals surface area contributed by atoms with E-state index in [1.807, 2.05) is 23.1 Å². The van der Waals surface area contributed by atoms with Gasteiger partial charge < -0.3 is 9.64 Å². The topological polar surface area (TPSA) is 50.6 Å². The zero-order chi connectivity index (χ0) is 18.4. The zero-order valence-corrected chi connectivity index (χ0v) is 15.4. The first-order valence-electron chi connectivity index (χ1n) is 8.70. The number of rotatable bonds is 6. The van der Waals surface area contributed by atoms with Crippen molar-refractivity contribution in [2.24, 2.45) is 0 Å². The Morgan fingerprint density at radius 3 is 2.88 bits per heavy atom. The van der Waals surface area contributed by atoms with Crippen molar-refractivity contribution < 1.29 is 9.53 Å². The molecule has 1 aromatic carbocycles. The van der Waals surface area contributed by atoms with E-state index in [-0.39, 0.29) is 12.6 Å². The molecule has 7 heteroatoms. The maximum Gasteiger partial charge on any atom is 0.274 e. The number of nitrogens with zero attached hydrogens (tertiary/aromatic N) is 4. The minimum absolute atomic E-state index is 0.0399. The van der Waals surface area contributed by atoms with Gasteiger partial charge in [0, 0.05) is 38.9 Å². The van der Waals surface area contributed by atoms with Crippen LogP contribution in [0.25, 0.3) is 0 Å². The molecule has 0 N–H and O–H groups in total. The third-order valence-corrected chi connectivity index (χ3v) is 4.62. The Bertz CT molecular complexity index is 762. The van der Waals surface area contributed by atoms with Crippen LogP contribution < -0.4 is 4.74 Å². The average molecular weight is 375 g/mol. The first-order valence-corrected chi connectivity index (χ1v) is 9.08. The molecule has 6 nitrogen and oxygen atoms in total. The third kappa shape index (κ3) is 4.65. The summed E-state index contributed by atoms with van der Waals surface area (Å²) in [6, 6.07) is 8.99. The monoisotopic (exact) mass is 374 g/mol. The number of aromatic nitrogens is 2.